The highest BCUT2D eigenvalue weighted by Gasteiger charge is 2.14. The fourth-order valence-corrected chi connectivity index (χ4v) is 4.97. The Morgan fingerprint density at radius 3 is 2.52 bits per heavy atom. The summed E-state index contributed by atoms with van der Waals surface area (Å²) in [6.45, 7) is -0.132. The van der Waals surface area contributed by atoms with Gasteiger partial charge in [-0.15, -0.1) is 11.3 Å². The van der Waals surface area contributed by atoms with E-state index in [-0.39, 0.29) is 24.6 Å². The number of likely N-dealkylation sites (N-methyl/N-ethyl adjacent to an activating group) is 2. The zero-order valence-corrected chi connectivity index (χ0v) is 23.5. The van der Waals surface area contributed by atoms with Crippen LogP contribution in [-0.2, 0) is 19.6 Å². The van der Waals surface area contributed by atoms with Crippen LogP contribution >= 0.6 is 11.3 Å². The van der Waals surface area contributed by atoms with Crippen molar-refractivity contribution in [3.63, 3.8) is 0 Å². The molecule has 1 aromatic carbocycles. The zero-order valence-electron chi connectivity index (χ0n) is 21.9. The van der Waals surface area contributed by atoms with Crippen molar-refractivity contribution in [2.24, 2.45) is 0 Å². The van der Waals surface area contributed by atoms with E-state index < -0.39 is 21.8 Å². The molecule has 12 nitrogen and oxygen atoms in total. The first-order chi connectivity index (χ1) is 19.0. The first-order valence-electron chi connectivity index (χ1n) is 11.9. The predicted molar refractivity (Wildman–Crippen MR) is 154 cm³/mol. The molecule has 3 aromatic heterocycles. The minimum Gasteiger partial charge on any atom is -0.358 e. The minimum atomic E-state index is -3.50. The Hall–Kier alpha value is -4.56. The number of hydrogen-bond acceptors (Lipinski definition) is 9. The minimum absolute atomic E-state index is 0.116. The highest BCUT2D eigenvalue weighted by atomic mass is 32.2. The number of carbonyl (C=O) groups is 3. The van der Waals surface area contributed by atoms with Crippen LogP contribution in [0.25, 0.3) is 22.4 Å². The Morgan fingerprint density at radius 1 is 1.05 bits per heavy atom. The van der Waals surface area contributed by atoms with E-state index in [1.807, 2.05) is 41.8 Å². The number of anilines is 2. The Labute approximate surface area is 235 Å². The Morgan fingerprint density at radius 2 is 1.80 bits per heavy atom. The number of nitrogens with zero attached hydrogens (tertiary/aromatic N) is 4. The van der Waals surface area contributed by atoms with Crippen LogP contribution in [0.5, 0.6) is 0 Å². The van der Waals surface area contributed by atoms with Crippen molar-refractivity contribution in [2.75, 3.05) is 43.7 Å². The summed E-state index contributed by atoms with van der Waals surface area (Å²) in [6.07, 6.45) is 5.15. The smallest absolute Gasteiger partial charge is 0.253 e. The van der Waals surface area contributed by atoms with Crippen molar-refractivity contribution in [3.8, 4) is 22.4 Å². The van der Waals surface area contributed by atoms with Gasteiger partial charge in [-0.05, 0) is 35.4 Å². The van der Waals surface area contributed by atoms with Gasteiger partial charge >= 0.3 is 0 Å². The van der Waals surface area contributed by atoms with Crippen molar-refractivity contribution in [3.05, 3.63) is 72.0 Å². The second-order valence-corrected chi connectivity index (χ2v) is 11.5. The average molecular weight is 582 g/mol. The highest BCUT2D eigenvalue weighted by Crippen LogP contribution is 2.29. The molecule has 0 saturated carbocycles. The van der Waals surface area contributed by atoms with Crippen molar-refractivity contribution >= 4 is 50.0 Å². The fourth-order valence-electron chi connectivity index (χ4n) is 3.65. The number of aromatic nitrogens is 3. The molecule has 0 bridgehead atoms. The van der Waals surface area contributed by atoms with E-state index >= 15 is 0 Å². The molecule has 4 aromatic rings. The summed E-state index contributed by atoms with van der Waals surface area (Å²) in [6, 6.07) is 12.9. The van der Waals surface area contributed by atoms with Crippen LogP contribution in [0.4, 0.5) is 10.9 Å². The number of amides is 3. The number of benzene rings is 1. The van der Waals surface area contributed by atoms with Crippen LogP contribution in [0, 0.1) is 0 Å². The normalized spacial score (nSPS) is 11.1. The molecule has 0 unspecified atom stereocenters. The molecule has 0 radical (unpaired) electrons. The third kappa shape index (κ3) is 7.09. The third-order valence-corrected chi connectivity index (χ3v) is 7.51. The molecule has 0 aliphatic carbocycles. The number of nitrogens with one attached hydrogen (secondary N) is 3. The van der Waals surface area contributed by atoms with Crippen LogP contribution in [0.3, 0.4) is 0 Å². The van der Waals surface area contributed by atoms with E-state index in [0.29, 0.717) is 16.6 Å². The van der Waals surface area contributed by atoms with E-state index in [2.05, 4.69) is 25.9 Å². The standard InChI is InChI=1S/C26H27N7O5S2/c1-27-24(35)15-32(2)22-12-18(7-9-28-22)17-5-4-6-19(11-17)21-16-39-26(30-21)31-23(34)13-29-25(36)20-8-10-33(14-20)40(3,37)38/h4-12,14,16H,13,15H2,1-3H3,(H,27,35)(H,29,36)(H,30,31,34). The van der Waals surface area contributed by atoms with Gasteiger partial charge in [0.25, 0.3) is 5.91 Å². The van der Waals surface area contributed by atoms with E-state index in [4.69, 9.17) is 0 Å². The molecule has 3 N–H and O–H groups in total. The van der Waals surface area contributed by atoms with Gasteiger partial charge in [0.2, 0.25) is 21.8 Å². The van der Waals surface area contributed by atoms with Gasteiger partial charge in [-0.3, -0.25) is 18.4 Å². The Kier molecular flexibility index (Phi) is 8.60. The lowest BCUT2D eigenvalue weighted by Crippen LogP contribution is -2.33. The molecular weight excluding hydrogens is 554 g/mol. The van der Waals surface area contributed by atoms with Gasteiger partial charge in [-0.2, -0.15) is 0 Å². The van der Waals surface area contributed by atoms with Gasteiger partial charge in [0, 0.05) is 43.6 Å². The number of carbonyl (C=O) groups excluding carboxylic acids is 3. The Balaban J connectivity index is 1.39. The molecule has 14 heteroatoms. The average Bonchev–Trinajstić information content (AvgIpc) is 3.62. The highest BCUT2D eigenvalue weighted by molar-refractivity contribution is 7.89. The van der Waals surface area contributed by atoms with E-state index in [1.54, 1.807) is 25.2 Å². The molecular formula is C26H27N7O5S2. The largest absolute Gasteiger partial charge is 0.358 e. The maximum absolute atomic E-state index is 12.4. The molecule has 3 amide bonds. The lowest BCUT2D eigenvalue weighted by Gasteiger charge is -2.17. The molecule has 3 heterocycles. The van der Waals surface area contributed by atoms with Crippen molar-refractivity contribution in [1.82, 2.24) is 24.6 Å². The van der Waals surface area contributed by atoms with Crippen molar-refractivity contribution in [2.45, 2.75) is 0 Å². The van der Waals surface area contributed by atoms with Crippen LogP contribution < -0.4 is 20.9 Å². The van der Waals surface area contributed by atoms with E-state index in [9.17, 15) is 22.8 Å². The molecule has 0 atom stereocenters. The third-order valence-electron chi connectivity index (χ3n) is 5.76. The number of pyridine rings is 1. The summed E-state index contributed by atoms with van der Waals surface area (Å²) in [5, 5.41) is 9.90. The quantitative estimate of drug-likeness (QED) is 0.257. The van der Waals surface area contributed by atoms with Crippen molar-refractivity contribution in [1.29, 1.82) is 0 Å². The van der Waals surface area contributed by atoms with E-state index in [0.717, 1.165) is 26.9 Å². The molecule has 0 aliphatic heterocycles. The lowest BCUT2D eigenvalue weighted by atomic mass is 10.0. The lowest BCUT2D eigenvalue weighted by molar-refractivity contribution is -0.119. The molecule has 40 heavy (non-hydrogen) atoms. The topological polar surface area (TPSA) is 155 Å². The molecule has 4 rings (SSSR count). The van der Waals surface area contributed by atoms with Gasteiger partial charge in [-0.25, -0.2) is 18.4 Å². The number of hydrogen-bond donors (Lipinski definition) is 3. The summed E-state index contributed by atoms with van der Waals surface area (Å²) in [5.41, 5.74) is 3.48. The second kappa shape index (κ2) is 12.1. The van der Waals surface area contributed by atoms with Crippen LogP contribution in [-0.4, -0.2) is 73.5 Å². The molecule has 0 aliphatic rings. The monoisotopic (exact) mass is 581 g/mol. The van der Waals surface area contributed by atoms with Gasteiger partial charge in [0.15, 0.2) is 5.13 Å². The maximum Gasteiger partial charge on any atom is 0.253 e. The van der Waals surface area contributed by atoms with Crippen LogP contribution in [0.2, 0.25) is 0 Å². The maximum atomic E-state index is 12.4. The van der Waals surface area contributed by atoms with Crippen LogP contribution in [0.15, 0.2) is 66.4 Å². The Bertz CT molecular complexity index is 1660. The zero-order chi connectivity index (χ0) is 28.9. The first kappa shape index (κ1) is 28.4. The summed E-state index contributed by atoms with van der Waals surface area (Å²) >= 11 is 1.24. The number of rotatable bonds is 10. The van der Waals surface area contributed by atoms with Crippen molar-refractivity contribution < 1.29 is 22.8 Å². The SMILES string of the molecule is CNC(=O)CN(C)c1cc(-c2cccc(-c3csc(NC(=O)CNC(=O)c4ccn(S(C)(=O)=O)c4)n3)c2)ccn1. The molecule has 0 spiro atoms. The summed E-state index contributed by atoms with van der Waals surface area (Å²) in [5.74, 6) is -0.510. The van der Waals surface area contributed by atoms with Gasteiger partial charge in [0.05, 0.1) is 30.6 Å². The second-order valence-electron chi connectivity index (χ2n) is 8.77. The van der Waals surface area contributed by atoms with Gasteiger partial charge in [-0.1, -0.05) is 18.2 Å². The first-order valence-corrected chi connectivity index (χ1v) is 14.7. The van der Waals surface area contributed by atoms with Crippen LogP contribution in [0.1, 0.15) is 10.4 Å². The molecule has 0 saturated heterocycles. The summed E-state index contributed by atoms with van der Waals surface area (Å²) < 4.78 is 24.0. The van der Waals surface area contributed by atoms with Gasteiger partial charge in [0.1, 0.15) is 5.82 Å². The molecule has 208 valence electrons. The number of thiazole rings is 1. The predicted octanol–water partition coefficient (Wildman–Crippen LogP) is 2.03. The fraction of sp³-hybridized carbons (Fsp3) is 0.192. The van der Waals surface area contributed by atoms with E-state index in [1.165, 1.54) is 29.8 Å². The molecule has 0 fully saturated rings. The van der Waals surface area contributed by atoms with Gasteiger partial charge < -0.3 is 20.9 Å². The summed E-state index contributed by atoms with van der Waals surface area (Å²) in [7, 11) is -0.123. The summed E-state index contributed by atoms with van der Waals surface area (Å²) in [4.78, 5) is 47.0.